The van der Waals surface area contributed by atoms with E-state index in [1.165, 1.54) is 0 Å². The summed E-state index contributed by atoms with van der Waals surface area (Å²) >= 11 is 3.50. The molecule has 0 aliphatic carbocycles. The highest BCUT2D eigenvalue weighted by atomic mass is 79.9. The number of ether oxygens (including phenoxy) is 3. The summed E-state index contributed by atoms with van der Waals surface area (Å²) in [6.45, 7) is 1.87. The molecule has 0 saturated carbocycles. The minimum Gasteiger partial charge on any atom is -0.471 e. The number of halogens is 1. The Morgan fingerprint density at radius 1 is 0.935 bits per heavy atom. The minimum absolute atomic E-state index is 0.0435. The Bertz CT molecular complexity index is 1140. The monoisotopic (exact) mass is 478 g/mol. The molecule has 0 saturated heterocycles. The van der Waals surface area contributed by atoms with Crippen molar-refractivity contribution in [3.63, 3.8) is 0 Å². The molecule has 0 N–H and O–H groups in total. The second-order valence-electron chi connectivity index (χ2n) is 6.77. The van der Waals surface area contributed by atoms with Gasteiger partial charge in [-0.25, -0.2) is 9.59 Å². The molecule has 1 aliphatic heterocycles. The van der Waals surface area contributed by atoms with Crippen LogP contribution in [0.2, 0.25) is 0 Å². The number of benzene rings is 3. The fraction of sp³-hybridized carbons (Fsp3) is 0.120. The Kier molecular flexibility index (Phi) is 6.18. The van der Waals surface area contributed by atoms with Gasteiger partial charge in [0, 0.05) is 15.6 Å². The molecule has 3 aromatic rings. The molecule has 31 heavy (non-hydrogen) atoms. The van der Waals surface area contributed by atoms with Crippen LogP contribution in [0.4, 0.5) is 0 Å². The van der Waals surface area contributed by atoms with E-state index in [9.17, 15) is 9.59 Å². The van der Waals surface area contributed by atoms with E-state index in [2.05, 4.69) is 15.9 Å². The van der Waals surface area contributed by atoms with Crippen LogP contribution >= 0.6 is 15.9 Å². The van der Waals surface area contributed by atoms with Crippen molar-refractivity contribution >= 4 is 33.6 Å². The standard InChI is InChI=1S/C25H19BrO5/c1-2-29-25(28)23-22(31-24(27)17-11-7-4-8-12-17)19-14-13-18(26)15-20(19)21(30-23)16-9-5-3-6-10-16/h3-15,21H,2H2,1H3/t21-/m0/s1. The molecule has 0 amide bonds. The van der Waals surface area contributed by atoms with Gasteiger partial charge in [-0.1, -0.05) is 64.5 Å². The third kappa shape index (κ3) is 4.39. The van der Waals surface area contributed by atoms with Crippen LogP contribution < -0.4 is 0 Å². The summed E-state index contributed by atoms with van der Waals surface area (Å²) < 4.78 is 17.9. The Morgan fingerprint density at radius 2 is 1.61 bits per heavy atom. The Labute approximate surface area is 188 Å². The number of esters is 2. The quantitative estimate of drug-likeness (QED) is 0.442. The maximum atomic E-state index is 12.8. The summed E-state index contributed by atoms with van der Waals surface area (Å²) in [5.74, 6) is -1.36. The molecular formula is C25H19BrO5. The smallest absolute Gasteiger partial charge is 0.377 e. The number of carbonyl (C=O) groups excluding carboxylic acids is 2. The fourth-order valence-electron chi connectivity index (χ4n) is 3.35. The van der Waals surface area contributed by atoms with Gasteiger partial charge in [-0.3, -0.25) is 0 Å². The van der Waals surface area contributed by atoms with Gasteiger partial charge in [0.2, 0.25) is 5.76 Å². The Hall–Kier alpha value is -3.38. The van der Waals surface area contributed by atoms with E-state index in [0.717, 1.165) is 15.6 Å². The molecule has 0 radical (unpaired) electrons. The van der Waals surface area contributed by atoms with Crippen molar-refractivity contribution in [3.8, 4) is 0 Å². The van der Waals surface area contributed by atoms with E-state index >= 15 is 0 Å². The van der Waals surface area contributed by atoms with Gasteiger partial charge in [0.25, 0.3) is 0 Å². The van der Waals surface area contributed by atoms with Gasteiger partial charge in [-0.15, -0.1) is 0 Å². The summed E-state index contributed by atoms with van der Waals surface area (Å²) in [7, 11) is 0. The number of fused-ring (bicyclic) bond motifs is 1. The highest BCUT2D eigenvalue weighted by Gasteiger charge is 2.36. The third-order valence-corrected chi connectivity index (χ3v) is 5.24. The first-order valence-electron chi connectivity index (χ1n) is 9.78. The summed E-state index contributed by atoms with van der Waals surface area (Å²) in [5, 5.41) is 0. The van der Waals surface area contributed by atoms with Crippen molar-refractivity contribution in [1.82, 2.24) is 0 Å². The van der Waals surface area contributed by atoms with Gasteiger partial charge in [-0.2, -0.15) is 0 Å². The molecule has 1 aliphatic rings. The lowest BCUT2D eigenvalue weighted by molar-refractivity contribution is -0.143. The van der Waals surface area contributed by atoms with Crippen LogP contribution in [-0.4, -0.2) is 18.5 Å². The summed E-state index contributed by atoms with van der Waals surface area (Å²) in [4.78, 5) is 25.6. The van der Waals surface area contributed by atoms with Crippen LogP contribution in [0.15, 0.2) is 89.1 Å². The predicted molar refractivity (Wildman–Crippen MR) is 119 cm³/mol. The molecule has 0 unspecified atom stereocenters. The van der Waals surface area contributed by atoms with E-state index in [1.54, 1.807) is 43.3 Å². The molecule has 1 atom stereocenters. The lowest BCUT2D eigenvalue weighted by atomic mass is 9.93. The van der Waals surface area contributed by atoms with Crippen LogP contribution in [0.3, 0.4) is 0 Å². The topological polar surface area (TPSA) is 61.8 Å². The van der Waals surface area contributed by atoms with Gasteiger partial charge in [0.05, 0.1) is 12.2 Å². The highest BCUT2D eigenvalue weighted by Crippen LogP contribution is 2.42. The van der Waals surface area contributed by atoms with E-state index in [-0.39, 0.29) is 18.1 Å². The van der Waals surface area contributed by atoms with Crippen molar-refractivity contribution in [3.05, 3.63) is 111 Å². The number of hydrogen-bond donors (Lipinski definition) is 0. The first-order valence-corrected chi connectivity index (χ1v) is 10.6. The van der Waals surface area contributed by atoms with E-state index in [4.69, 9.17) is 14.2 Å². The second kappa shape index (κ2) is 9.18. The molecule has 156 valence electrons. The second-order valence-corrected chi connectivity index (χ2v) is 7.69. The maximum absolute atomic E-state index is 12.8. The zero-order chi connectivity index (χ0) is 21.8. The molecule has 5 nitrogen and oxygen atoms in total. The predicted octanol–water partition coefficient (Wildman–Crippen LogP) is 5.66. The molecule has 0 aromatic heterocycles. The van der Waals surface area contributed by atoms with Gasteiger partial charge >= 0.3 is 11.9 Å². The highest BCUT2D eigenvalue weighted by molar-refractivity contribution is 9.10. The molecule has 0 fully saturated rings. The molecule has 4 rings (SSSR count). The molecular weight excluding hydrogens is 460 g/mol. The van der Waals surface area contributed by atoms with E-state index in [1.807, 2.05) is 42.5 Å². The molecule has 0 spiro atoms. The van der Waals surface area contributed by atoms with Crippen LogP contribution in [0, 0.1) is 0 Å². The van der Waals surface area contributed by atoms with Gasteiger partial charge in [0.1, 0.15) is 0 Å². The molecule has 3 aromatic carbocycles. The van der Waals surface area contributed by atoms with Gasteiger partial charge in [0.15, 0.2) is 11.9 Å². The SMILES string of the molecule is CCOC(=O)C1=C(OC(=O)c2ccccc2)c2ccc(Br)cc2[C@H](c2ccccc2)O1. The van der Waals surface area contributed by atoms with Crippen molar-refractivity contribution in [2.45, 2.75) is 13.0 Å². The molecule has 1 heterocycles. The zero-order valence-electron chi connectivity index (χ0n) is 16.7. The number of rotatable bonds is 5. The van der Waals surface area contributed by atoms with Crippen molar-refractivity contribution in [2.75, 3.05) is 6.61 Å². The van der Waals surface area contributed by atoms with Crippen LogP contribution in [0.1, 0.15) is 40.1 Å². The largest absolute Gasteiger partial charge is 0.471 e. The number of carbonyl (C=O) groups is 2. The van der Waals surface area contributed by atoms with Crippen molar-refractivity contribution in [2.24, 2.45) is 0 Å². The lowest BCUT2D eigenvalue weighted by Crippen LogP contribution is -2.23. The summed E-state index contributed by atoms with van der Waals surface area (Å²) in [6.07, 6.45) is -0.563. The van der Waals surface area contributed by atoms with Gasteiger partial charge in [-0.05, 0) is 42.8 Å². The maximum Gasteiger partial charge on any atom is 0.377 e. The van der Waals surface area contributed by atoms with E-state index < -0.39 is 18.0 Å². The van der Waals surface area contributed by atoms with E-state index in [0.29, 0.717) is 11.1 Å². The Morgan fingerprint density at radius 3 is 2.29 bits per heavy atom. The fourth-order valence-corrected chi connectivity index (χ4v) is 3.73. The molecule has 6 heteroatoms. The van der Waals surface area contributed by atoms with Gasteiger partial charge < -0.3 is 14.2 Å². The van der Waals surface area contributed by atoms with Crippen molar-refractivity contribution in [1.29, 1.82) is 0 Å². The Balaban J connectivity index is 1.84. The average Bonchev–Trinajstić information content (AvgIpc) is 2.80. The minimum atomic E-state index is -0.687. The first-order chi connectivity index (χ1) is 15.1. The third-order valence-electron chi connectivity index (χ3n) is 4.75. The first kappa shape index (κ1) is 20.9. The van der Waals surface area contributed by atoms with Crippen LogP contribution in [0.5, 0.6) is 0 Å². The van der Waals surface area contributed by atoms with Crippen LogP contribution in [-0.2, 0) is 19.0 Å². The zero-order valence-corrected chi connectivity index (χ0v) is 18.3. The summed E-state index contributed by atoms with van der Waals surface area (Å²) in [6, 6.07) is 23.6. The normalized spacial score (nSPS) is 15.0. The van der Waals surface area contributed by atoms with Crippen LogP contribution in [0.25, 0.3) is 5.76 Å². The average molecular weight is 479 g/mol. The number of hydrogen-bond acceptors (Lipinski definition) is 5. The summed E-state index contributed by atoms with van der Waals surface area (Å²) in [5.41, 5.74) is 2.58. The van der Waals surface area contributed by atoms with Crippen molar-refractivity contribution < 1.29 is 23.8 Å². The lowest BCUT2D eigenvalue weighted by Gasteiger charge is -2.29. The molecule has 0 bridgehead atoms.